The molecule has 1 saturated heterocycles. The Balaban J connectivity index is 1.30. The summed E-state index contributed by atoms with van der Waals surface area (Å²) in [6.07, 6.45) is 23.1. The summed E-state index contributed by atoms with van der Waals surface area (Å²) >= 11 is 3.59. The highest BCUT2D eigenvalue weighted by Crippen LogP contribution is 2.33. The van der Waals surface area contributed by atoms with E-state index in [9.17, 15) is 0 Å². The number of benzene rings is 1. The predicted molar refractivity (Wildman–Crippen MR) is 112 cm³/mol. The minimum atomic E-state index is 0.432. The summed E-state index contributed by atoms with van der Waals surface area (Å²) in [5.41, 5.74) is 1.06. The molecular formula is C21H18N2S2. The van der Waals surface area contributed by atoms with Crippen LogP contribution >= 0.6 is 23.1 Å². The molecule has 1 N–H and O–H groups in total. The molecule has 124 valence electrons. The van der Waals surface area contributed by atoms with Gasteiger partial charge in [0.15, 0.2) is 0 Å². The van der Waals surface area contributed by atoms with Gasteiger partial charge in [-0.25, -0.2) is 4.98 Å². The molecule has 1 fully saturated rings. The molecule has 1 aromatic heterocycles. The molecule has 4 rings (SSSR count). The topological polar surface area (TPSA) is 24.9 Å². The third-order valence-electron chi connectivity index (χ3n) is 3.90. The Hall–Kier alpha value is -2.30. The van der Waals surface area contributed by atoms with Crippen molar-refractivity contribution in [1.29, 1.82) is 0 Å². The standard InChI is InChI=1S/C21H18N2S2/c1(2-4-14-20-22-16-10-6-8-12-18(16)24-20)3-5-15-21-23-17-11-7-9-13-19(17)25-21/h1-16,18,22H/b3-1+,4-2+,15-5+,20-14-. The highest BCUT2D eigenvalue weighted by atomic mass is 32.2. The zero-order chi connectivity index (χ0) is 16.9. The molecule has 4 heteroatoms. The van der Waals surface area contributed by atoms with Crippen LogP contribution < -0.4 is 5.32 Å². The average Bonchev–Trinajstić information content (AvgIpc) is 3.23. The summed E-state index contributed by atoms with van der Waals surface area (Å²) in [5, 5.41) is 6.30. The van der Waals surface area contributed by atoms with Crippen LogP contribution in [0.15, 0.2) is 90.1 Å². The molecular weight excluding hydrogens is 344 g/mol. The quantitative estimate of drug-likeness (QED) is 0.731. The molecule has 0 saturated carbocycles. The zero-order valence-corrected chi connectivity index (χ0v) is 15.2. The van der Waals surface area contributed by atoms with Gasteiger partial charge in [-0.2, -0.15) is 0 Å². The molecule has 25 heavy (non-hydrogen) atoms. The van der Waals surface area contributed by atoms with E-state index in [2.05, 4.69) is 52.8 Å². The van der Waals surface area contributed by atoms with Crippen molar-refractivity contribution < 1.29 is 0 Å². The van der Waals surface area contributed by atoms with Gasteiger partial charge in [-0.15, -0.1) is 11.3 Å². The van der Waals surface area contributed by atoms with E-state index in [1.165, 1.54) is 9.73 Å². The first-order chi connectivity index (χ1) is 12.4. The number of thioether (sulfide) groups is 1. The molecule has 2 nitrogen and oxygen atoms in total. The minimum Gasteiger partial charge on any atom is -0.372 e. The summed E-state index contributed by atoms with van der Waals surface area (Å²) in [7, 11) is 0. The Morgan fingerprint density at radius 2 is 1.80 bits per heavy atom. The molecule has 2 aliphatic rings. The maximum absolute atomic E-state index is 4.58. The third-order valence-corrected chi connectivity index (χ3v) is 6.13. The van der Waals surface area contributed by atoms with Gasteiger partial charge < -0.3 is 5.32 Å². The molecule has 0 bridgehead atoms. The van der Waals surface area contributed by atoms with Crippen molar-refractivity contribution in [2.45, 2.75) is 11.3 Å². The second-order valence-electron chi connectivity index (χ2n) is 5.70. The van der Waals surface area contributed by atoms with Crippen LogP contribution in [-0.2, 0) is 0 Å². The van der Waals surface area contributed by atoms with Crippen LogP contribution in [0.5, 0.6) is 0 Å². The van der Waals surface area contributed by atoms with Gasteiger partial charge >= 0.3 is 0 Å². The van der Waals surface area contributed by atoms with Crippen LogP contribution in [0.2, 0.25) is 0 Å². The average molecular weight is 363 g/mol. The number of thiazole rings is 1. The van der Waals surface area contributed by atoms with Crippen LogP contribution in [0.4, 0.5) is 0 Å². The highest BCUT2D eigenvalue weighted by Gasteiger charge is 2.27. The van der Waals surface area contributed by atoms with Gasteiger partial charge in [-0.1, -0.05) is 78.6 Å². The molecule has 2 aromatic rings. The van der Waals surface area contributed by atoms with Gasteiger partial charge in [0.2, 0.25) is 0 Å². The van der Waals surface area contributed by atoms with E-state index in [4.69, 9.17) is 0 Å². The molecule has 1 aliphatic heterocycles. The SMILES string of the molecule is C1=CC2N/C(=C/C=C/C=C/C=C/c3nc4ccccc4s3)SC2C=C1. The van der Waals surface area contributed by atoms with Crippen LogP contribution in [0.25, 0.3) is 16.3 Å². The smallest absolute Gasteiger partial charge is 0.117 e. The third kappa shape index (κ3) is 4.03. The molecule has 2 unspecified atom stereocenters. The van der Waals surface area contributed by atoms with E-state index in [0.717, 1.165) is 10.5 Å². The fourth-order valence-electron chi connectivity index (χ4n) is 2.70. The fraction of sp³-hybridized carbons (Fsp3) is 0.0952. The number of rotatable bonds is 4. The normalized spacial score (nSPS) is 24.2. The summed E-state index contributed by atoms with van der Waals surface area (Å²) in [6.45, 7) is 0. The minimum absolute atomic E-state index is 0.432. The Morgan fingerprint density at radius 1 is 0.960 bits per heavy atom. The van der Waals surface area contributed by atoms with Crippen LogP contribution in [-0.4, -0.2) is 16.3 Å². The second kappa shape index (κ2) is 7.72. The van der Waals surface area contributed by atoms with E-state index in [1.807, 2.05) is 60.3 Å². The van der Waals surface area contributed by atoms with Crippen molar-refractivity contribution >= 4 is 39.4 Å². The summed E-state index contributed by atoms with van der Waals surface area (Å²) < 4.78 is 1.23. The number of nitrogens with one attached hydrogen (secondary N) is 1. The lowest BCUT2D eigenvalue weighted by atomic mass is 10.1. The second-order valence-corrected chi connectivity index (χ2v) is 7.98. The Labute approximate surface area is 156 Å². The lowest BCUT2D eigenvalue weighted by Crippen LogP contribution is -2.26. The maximum Gasteiger partial charge on any atom is 0.117 e. The number of para-hydroxylation sites is 1. The Kier molecular flexibility index (Phi) is 5.00. The Morgan fingerprint density at radius 3 is 2.72 bits per heavy atom. The lowest BCUT2D eigenvalue weighted by molar-refractivity contribution is 0.738. The van der Waals surface area contributed by atoms with Crippen molar-refractivity contribution in [3.05, 3.63) is 95.1 Å². The summed E-state index contributed by atoms with van der Waals surface area (Å²) in [5.74, 6) is 0. The number of allylic oxidation sites excluding steroid dienone is 8. The van der Waals surface area contributed by atoms with Crippen molar-refractivity contribution in [3.63, 3.8) is 0 Å². The van der Waals surface area contributed by atoms with Crippen molar-refractivity contribution in [1.82, 2.24) is 10.3 Å². The molecule has 1 aliphatic carbocycles. The van der Waals surface area contributed by atoms with Gasteiger partial charge in [0.05, 0.1) is 26.5 Å². The van der Waals surface area contributed by atoms with Crippen LogP contribution in [0.3, 0.4) is 0 Å². The first kappa shape index (κ1) is 16.2. The van der Waals surface area contributed by atoms with Gasteiger partial charge in [-0.05, 0) is 24.3 Å². The Bertz CT molecular complexity index is 873. The zero-order valence-electron chi connectivity index (χ0n) is 13.6. The van der Waals surface area contributed by atoms with Crippen LogP contribution in [0, 0.1) is 0 Å². The van der Waals surface area contributed by atoms with E-state index < -0.39 is 0 Å². The van der Waals surface area contributed by atoms with E-state index in [1.54, 1.807) is 11.3 Å². The summed E-state index contributed by atoms with van der Waals surface area (Å²) in [4.78, 5) is 4.58. The number of hydrogen-bond acceptors (Lipinski definition) is 4. The molecule has 0 amide bonds. The molecule has 2 heterocycles. The van der Waals surface area contributed by atoms with Crippen molar-refractivity contribution in [2.24, 2.45) is 0 Å². The van der Waals surface area contributed by atoms with Crippen molar-refractivity contribution in [2.75, 3.05) is 0 Å². The van der Waals surface area contributed by atoms with Gasteiger partial charge in [0.1, 0.15) is 5.01 Å². The number of hydrogen-bond donors (Lipinski definition) is 1. The van der Waals surface area contributed by atoms with Gasteiger partial charge in [-0.3, -0.25) is 0 Å². The number of aromatic nitrogens is 1. The largest absolute Gasteiger partial charge is 0.372 e. The molecule has 1 aromatic carbocycles. The molecule has 2 atom stereocenters. The van der Waals surface area contributed by atoms with Crippen LogP contribution in [0.1, 0.15) is 5.01 Å². The van der Waals surface area contributed by atoms with E-state index in [-0.39, 0.29) is 0 Å². The van der Waals surface area contributed by atoms with E-state index >= 15 is 0 Å². The molecule has 0 radical (unpaired) electrons. The first-order valence-electron chi connectivity index (χ1n) is 8.24. The van der Waals surface area contributed by atoms with E-state index in [0.29, 0.717) is 11.3 Å². The van der Waals surface area contributed by atoms with Gasteiger partial charge in [0, 0.05) is 0 Å². The van der Waals surface area contributed by atoms with Crippen molar-refractivity contribution in [3.8, 4) is 0 Å². The monoisotopic (exact) mass is 362 g/mol. The highest BCUT2D eigenvalue weighted by molar-refractivity contribution is 8.04. The summed E-state index contributed by atoms with van der Waals surface area (Å²) in [6, 6.07) is 8.65. The maximum atomic E-state index is 4.58. The number of nitrogens with zero attached hydrogens (tertiary/aromatic N) is 1. The number of fused-ring (bicyclic) bond motifs is 2. The fourth-order valence-corrected chi connectivity index (χ4v) is 4.71. The van der Waals surface area contributed by atoms with Gasteiger partial charge in [0.25, 0.3) is 0 Å². The lowest BCUT2D eigenvalue weighted by Gasteiger charge is -2.12. The predicted octanol–water partition coefficient (Wildman–Crippen LogP) is 5.46. The first-order valence-corrected chi connectivity index (χ1v) is 9.93. The molecule has 0 spiro atoms.